The maximum atomic E-state index is 12.3. The summed E-state index contributed by atoms with van der Waals surface area (Å²) in [6.07, 6.45) is 0.887. The van der Waals surface area contributed by atoms with Crippen molar-refractivity contribution in [1.82, 2.24) is 10.1 Å². The van der Waals surface area contributed by atoms with Crippen LogP contribution >= 0.6 is 0 Å². The number of benzene rings is 2. The van der Waals surface area contributed by atoms with E-state index in [1.54, 1.807) is 18.2 Å². The molecule has 0 bridgehead atoms. The number of nitriles is 1. The van der Waals surface area contributed by atoms with Crippen LogP contribution in [0.4, 0.5) is 0 Å². The molecule has 2 aromatic carbocycles. The number of rotatable bonds is 4. The molecule has 0 N–H and O–H groups in total. The quantitative estimate of drug-likeness (QED) is 0.677. The van der Waals surface area contributed by atoms with Crippen LogP contribution in [-0.2, 0) is 0 Å². The van der Waals surface area contributed by atoms with Gasteiger partial charge in [-0.05, 0) is 49.9 Å². The summed E-state index contributed by atoms with van der Waals surface area (Å²) in [4.78, 5) is 16.9. The van der Waals surface area contributed by atoms with E-state index < -0.39 is 0 Å². The van der Waals surface area contributed by atoms with E-state index in [-0.39, 0.29) is 17.8 Å². The zero-order valence-electron chi connectivity index (χ0n) is 15.5. The number of carbonyl (C=O) groups is 1. The second kappa shape index (κ2) is 6.03. The summed E-state index contributed by atoms with van der Waals surface area (Å²) in [7, 11) is 0. The summed E-state index contributed by atoms with van der Waals surface area (Å²) in [6, 6.07) is 13.0. The normalized spacial score (nSPS) is 19.3. The molecule has 5 rings (SSSR count). The molecule has 0 amide bonds. The Morgan fingerprint density at radius 2 is 2.04 bits per heavy atom. The number of aromatic nitrogens is 2. The molecule has 2 unspecified atom stereocenters. The molecular formula is C22H17N3O3. The standard InChI is InChI=1S/C22H17N3O3/c1-11(2)27-18-7-6-12(8-13(18)10-23)22-24-21(25-28-22)15-5-3-4-14-19(15)16-9-17(16)20(14)26/h3-8,11,16-17H,9H2,1-2H3. The fourth-order valence-corrected chi connectivity index (χ4v) is 3.94. The van der Waals surface area contributed by atoms with Crippen LogP contribution in [0.5, 0.6) is 5.75 Å². The molecule has 3 aromatic rings. The maximum absolute atomic E-state index is 12.3. The van der Waals surface area contributed by atoms with Crippen LogP contribution in [0.2, 0.25) is 0 Å². The Morgan fingerprint density at radius 3 is 2.82 bits per heavy atom. The first-order chi connectivity index (χ1) is 13.6. The van der Waals surface area contributed by atoms with Gasteiger partial charge < -0.3 is 9.26 Å². The smallest absolute Gasteiger partial charge is 0.258 e. The van der Waals surface area contributed by atoms with E-state index in [1.807, 2.05) is 32.0 Å². The minimum Gasteiger partial charge on any atom is -0.490 e. The first kappa shape index (κ1) is 16.7. The summed E-state index contributed by atoms with van der Waals surface area (Å²) in [5.41, 5.74) is 3.75. The average molecular weight is 371 g/mol. The van der Waals surface area contributed by atoms with Crippen molar-refractivity contribution < 1.29 is 14.1 Å². The molecule has 1 heterocycles. The molecule has 0 spiro atoms. The Balaban J connectivity index is 1.52. The van der Waals surface area contributed by atoms with E-state index in [0.717, 1.165) is 23.1 Å². The van der Waals surface area contributed by atoms with E-state index in [0.29, 0.717) is 34.5 Å². The van der Waals surface area contributed by atoms with Crippen molar-refractivity contribution in [2.45, 2.75) is 32.3 Å². The molecule has 2 aliphatic carbocycles. The van der Waals surface area contributed by atoms with Gasteiger partial charge in [0.2, 0.25) is 5.82 Å². The number of hydrogen-bond acceptors (Lipinski definition) is 6. The van der Waals surface area contributed by atoms with Crippen molar-refractivity contribution in [3.63, 3.8) is 0 Å². The van der Waals surface area contributed by atoms with Gasteiger partial charge in [0.05, 0.1) is 11.7 Å². The zero-order chi connectivity index (χ0) is 19.4. The highest BCUT2D eigenvalue weighted by Crippen LogP contribution is 2.58. The van der Waals surface area contributed by atoms with Gasteiger partial charge in [-0.3, -0.25) is 4.79 Å². The minimum atomic E-state index is -0.0258. The van der Waals surface area contributed by atoms with Gasteiger partial charge in [0.1, 0.15) is 11.8 Å². The van der Waals surface area contributed by atoms with Crippen molar-refractivity contribution in [2.24, 2.45) is 5.92 Å². The second-order valence-electron chi connectivity index (χ2n) is 7.49. The lowest BCUT2D eigenvalue weighted by molar-refractivity contribution is 0.0974. The van der Waals surface area contributed by atoms with Crippen molar-refractivity contribution in [3.8, 4) is 34.7 Å². The molecule has 6 nitrogen and oxygen atoms in total. The topological polar surface area (TPSA) is 89.0 Å². The molecule has 1 saturated carbocycles. The number of fused-ring (bicyclic) bond motifs is 3. The van der Waals surface area contributed by atoms with E-state index in [4.69, 9.17) is 9.26 Å². The predicted molar refractivity (Wildman–Crippen MR) is 101 cm³/mol. The van der Waals surface area contributed by atoms with Crippen LogP contribution in [0.15, 0.2) is 40.9 Å². The lowest BCUT2D eigenvalue weighted by atomic mass is 9.99. The van der Waals surface area contributed by atoms with Crippen LogP contribution in [0, 0.1) is 17.2 Å². The Kier molecular flexibility index (Phi) is 3.59. The Hall–Kier alpha value is -3.46. The molecule has 0 aliphatic heterocycles. The van der Waals surface area contributed by atoms with Crippen LogP contribution in [0.25, 0.3) is 22.8 Å². The highest BCUT2D eigenvalue weighted by atomic mass is 16.5. The Bertz CT molecular complexity index is 1160. The van der Waals surface area contributed by atoms with Crippen molar-refractivity contribution in [1.29, 1.82) is 5.26 Å². The molecular weight excluding hydrogens is 354 g/mol. The summed E-state index contributed by atoms with van der Waals surface area (Å²) >= 11 is 0. The number of ketones is 1. The highest BCUT2D eigenvalue weighted by molar-refractivity contribution is 6.07. The average Bonchev–Trinajstić information content (AvgIpc) is 3.24. The first-order valence-electron chi connectivity index (χ1n) is 9.29. The van der Waals surface area contributed by atoms with E-state index in [2.05, 4.69) is 16.2 Å². The number of Topliss-reactive ketones (excluding diaryl/α,β-unsaturated/α-hetero) is 1. The molecule has 1 aromatic heterocycles. The molecule has 2 atom stereocenters. The fraction of sp³-hybridized carbons (Fsp3) is 0.273. The largest absolute Gasteiger partial charge is 0.490 e. The second-order valence-corrected chi connectivity index (χ2v) is 7.49. The summed E-state index contributed by atoms with van der Waals surface area (Å²) in [5, 5.41) is 13.6. The molecule has 6 heteroatoms. The van der Waals surface area contributed by atoms with Crippen LogP contribution in [-0.4, -0.2) is 22.0 Å². The lowest BCUT2D eigenvalue weighted by Crippen LogP contribution is -2.06. The molecule has 0 radical (unpaired) electrons. The van der Waals surface area contributed by atoms with Gasteiger partial charge in [0, 0.05) is 22.6 Å². The molecule has 138 valence electrons. The molecule has 2 aliphatic rings. The third kappa shape index (κ3) is 2.51. The van der Waals surface area contributed by atoms with E-state index >= 15 is 0 Å². The zero-order valence-corrected chi connectivity index (χ0v) is 15.5. The lowest BCUT2D eigenvalue weighted by Gasteiger charge is -2.11. The maximum Gasteiger partial charge on any atom is 0.258 e. The van der Waals surface area contributed by atoms with Crippen LogP contribution < -0.4 is 4.74 Å². The van der Waals surface area contributed by atoms with Gasteiger partial charge in [-0.2, -0.15) is 10.2 Å². The number of hydrogen-bond donors (Lipinski definition) is 0. The van der Waals surface area contributed by atoms with Crippen molar-refractivity contribution in [2.75, 3.05) is 0 Å². The van der Waals surface area contributed by atoms with Gasteiger partial charge >= 0.3 is 0 Å². The number of nitrogens with zero attached hydrogens (tertiary/aromatic N) is 3. The van der Waals surface area contributed by atoms with Crippen LogP contribution in [0.1, 0.15) is 47.7 Å². The minimum absolute atomic E-state index is 0.0258. The Morgan fingerprint density at radius 1 is 1.21 bits per heavy atom. The summed E-state index contributed by atoms with van der Waals surface area (Å²) in [5.74, 6) is 1.97. The predicted octanol–water partition coefficient (Wildman–Crippen LogP) is 4.36. The monoisotopic (exact) mass is 371 g/mol. The summed E-state index contributed by atoms with van der Waals surface area (Å²) in [6.45, 7) is 3.82. The molecule has 28 heavy (non-hydrogen) atoms. The number of ether oxygens (including phenoxy) is 1. The summed E-state index contributed by atoms with van der Waals surface area (Å²) < 4.78 is 11.1. The van der Waals surface area contributed by atoms with Crippen LogP contribution in [0.3, 0.4) is 0 Å². The number of carbonyl (C=O) groups excluding carboxylic acids is 1. The third-order valence-electron chi connectivity index (χ3n) is 5.25. The molecule has 0 saturated heterocycles. The van der Waals surface area contributed by atoms with Gasteiger partial charge in [-0.15, -0.1) is 0 Å². The van der Waals surface area contributed by atoms with Gasteiger partial charge in [0.25, 0.3) is 5.89 Å². The Labute approximate surface area is 161 Å². The third-order valence-corrected chi connectivity index (χ3v) is 5.25. The van der Waals surface area contributed by atoms with Gasteiger partial charge in [-0.1, -0.05) is 23.4 Å². The van der Waals surface area contributed by atoms with E-state index in [1.165, 1.54) is 0 Å². The van der Waals surface area contributed by atoms with Gasteiger partial charge in [0.15, 0.2) is 5.78 Å². The van der Waals surface area contributed by atoms with Crippen molar-refractivity contribution in [3.05, 3.63) is 53.1 Å². The SMILES string of the molecule is CC(C)Oc1ccc(-c2nc(-c3cccc4c3C3CC3C4=O)no2)cc1C#N. The highest BCUT2D eigenvalue weighted by Gasteiger charge is 2.52. The fourth-order valence-electron chi connectivity index (χ4n) is 3.94. The molecule has 1 fully saturated rings. The van der Waals surface area contributed by atoms with Gasteiger partial charge in [-0.25, -0.2) is 0 Å². The van der Waals surface area contributed by atoms with Crippen molar-refractivity contribution >= 4 is 5.78 Å². The van der Waals surface area contributed by atoms with E-state index in [9.17, 15) is 10.1 Å². The first-order valence-corrected chi connectivity index (χ1v) is 9.29.